The lowest BCUT2D eigenvalue weighted by molar-refractivity contribution is -0.107. The highest BCUT2D eigenvalue weighted by molar-refractivity contribution is 8.00. The summed E-state index contributed by atoms with van der Waals surface area (Å²) < 4.78 is 0. The number of nitrogens with zero attached hydrogens (tertiary/aromatic N) is 2. The molecule has 1 amide bonds. The second-order valence-electron chi connectivity index (χ2n) is 3.10. The van der Waals surface area contributed by atoms with Gasteiger partial charge < -0.3 is 0 Å². The zero-order chi connectivity index (χ0) is 11.5. The smallest absolute Gasteiger partial charge is 0.216 e. The van der Waals surface area contributed by atoms with E-state index in [0.717, 1.165) is 12.2 Å². The maximum atomic E-state index is 11.1. The second-order valence-corrected chi connectivity index (χ2v) is 5.01. The number of carbonyl (C=O) groups excluding carboxylic acids is 1. The number of hydrogen-bond donors (Lipinski definition) is 0. The first-order valence-electron chi connectivity index (χ1n) is 4.54. The molecule has 0 fully saturated rings. The van der Waals surface area contributed by atoms with Crippen molar-refractivity contribution in [2.45, 2.75) is 5.50 Å². The molecule has 16 heavy (non-hydrogen) atoms. The number of halogens is 2. The quantitative estimate of drug-likeness (QED) is 0.794. The molecule has 0 saturated heterocycles. The Hall–Kier alpha value is -0.710. The third-order valence-electron chi connectivity index (χ3n) is 2.11. The molecule has 2 rings (SSSR count). The molecule has 0 spiro atoms. The standard InChI is InChI=1S/C10H8Cl2N2OS/c11-8-2-1-7(5-9(8)12)14(6-15)10-13-3-4-16-10/h1-3,5-6,10H,4H2. The van der Waals surface area contributed by atoms with Gasteiger partial charge in [0.1, 0.15) is 0 Å². The Morgan fingerprint density at radius 1 is 1.44 bits per heavy atom. The highest BCUT2D eigenvalue weighted by atomic mass is 35.5. The van der Waals surface area contributed by atoms with Crippen LogP contribution >= 0.6 is 35.0 Å². The van der Waals surface area contributed by atoms with Crippen molar-refractivity contribution in [1.82, 2.24) is 0 Å². The molecular weight excluding hydrogens is 267 g/mol. The number of carbonyl (C=O) groups is 1. The van der Waals surface area contributed by atoms with Crippen molar-refractivity contribution in [2.75, 3.05) is 10.7 Å². The number of rotatable bonds is 3. The van der Waals surface area contributed by atoms with Gasteiger partial charge in [-0.05, 0) is 18.2 Å². The van der Waals surface area contributed by atoms with Crippen LogP contribution in [0, 0.1) is 0 Å². The van der Waals surface area contributed by atoms with E-state index in [1.54, 1.807) is 36.2 Å². The topological polar surface area (TPSA) is 32.7 Å². The van der Waals surface area contributed by atoms with Gasteiger partial charge in [0, 0.05) is 17.7 Å². The summed E-state index contributed by atoms with van der Waals surface area (Å²) in [4.78, 5) is 16.8. The van der Waals surface area contributed by atoms with Crippen molar-refractivity contribution in [2.24, 2.45) is 4.99 Å². The van der Waals surface area contributed by atoms with E-state index in [-0.39, 0.29) is 5.50 Å². The van der Waals surface area contributed by atoms with Gasteiger partial charge in [-0.3, -0.25) is 14.7 Å². The van der Waals surface area contributed by atoms with E-state index < -0.39 is 0 Å². The van der Waals surface area contributed by atoms with Gasteiger partial charge in [-0.15, -0.1) is 11.8 Å². The summed E-state index contributed by atoms with van der Waals surface area (Å²) in [6.45, 7) is 0. The maximum absolute atomic E-state index is 11.1. The minimum absolute atomic E-state index is 0.199. The van der Waals surface area contributed by atoms with Gasteiger partial charge >= 0.3 is 0 Å². The number of aliphatic imine (C=N–C) groups is 1. The summed E-state index contributed by atoms with van der Waals surface area (Å²) in [6.07, 6.45) is 2.54. The van der Waals surface area contributed by atoms with Gasteiger partial charge in [0.15, 0.2) is 5.50 Å². The van der Waals surface area contributed by atoms with E-state index in [1.165, 1.54) is 4.90 Å². The first-order valence-corrected chi connectivity index (χ1v) is 6.35. The number of benzene rings is 1. The number of hydrogen-bond acceptors (Lipinski definition) is 3. The molecule has 0 aliphatic carbocycles. The van der Waals surface area contributed by atoms with E-state index >= 15 is 0 Å². The summed E-state index contributed by atoms with van der Waals surface area (Å²) >= 11 is 13.3. The molecule has 1 atom stereocenters. The predicted octanol–water partition coefficient (Wildman–Crippen LogP) is 3.06. The molecule has 3 nitrogen and oxygen atoms in total. The van der Waals surface area contributed by atoms with Gasteiger partial charge in [0.2, 0.25) is 6.41 Å². The molecule has 0 saturated carbocycles. The molecule has 1 heterocycles. The van der Waals surface area contributed by atoms with Crippen LogP contribution in [0.3, 0.4) is 0 Å². The lowest BCUT2D eigenvalue weighted by atomic mass is 10.3. The Balaban J connectivity index is 2.29. The molecule has 1 unspecified atom stereocenters. The Kier molecular flexibility index (Phi) is 3.74. The third kappa shape index (κ3) is 2.34. The maximum Gasteiger partial charge on any atom is 0.216 e. The third-order valence-corrected chi connectivity index (χ3v) is 3.83. The largest absolute Gasteiger partial charge is 0.283 e. The van der Waals surface area contributed by atoms with Crippen LogP contribution in [0.2, 0.25) is 10.0 Å². The zero-order valence-corrected chi connectivity index (χ0v) is 10.5. The van der Waals surface area contributed by atoms with Crippen LogP contribution in [0.15, 0.2) is 23.2 Å². The first kappa shape index (κ1) is 11.8. The highest BCUT2D eigenvalue weighted by Gasteiger charge is 2.20. The monoisotopic (exact) mass is 274 g/mol. The van der Waals surface area contributed by atoms with Gasteiger partial charge in [0.05, 0.1) is 10.0 Å². The molecular formula is C10H8Cl2N2OS. The van der Waals surface area contributed by atoms with Gasteiger partial charge in [0.25, 0.3) is 0 Å². The average Bonchev–Trinajstić information content (AvgIpc) is 2.78. The summed E-state index contributed by atoms with van der Waals surface area (Å²) in [6, 6.07) is 5.07. The van der Waals surface area contributed by atoms with E-state index in [1.807, 2.05) is 0 Å². The van der Waals surface area contributed by atoms with Crippen LogP contribution in [0.1, 0.15) is 0 Å². The lowest BCUT2D eigenvalue weighted by Gasteiger charge is -2.21. The van der Waals surface area contributed by atoms with Crippen molar-refractivity contribution in [3.63, 3.8) is 0 Å². The first-order chi connectivity index (χ1) is 7.72. The zero-order valence-electron chi connectivity index (χ0n) is 8.14. The summed E-state index contributed by atoms with van der Waals surface area (Å²) in [5.41, 5.74) is 0.496. The number of amides is 1. The fourth-order valence-corrected chi connectivity index (χ4v) is 2.48. The van der Waals surface area contributed by atoms with Crippen molar-refractivity contribution in [3.05, 3.63) is 28.2 Å². The molecule has 0 bridgehead atoms. The molecule has 6 heteroatoms. The van der Waals surface area contributed by atoms with Crippen LogP contribution in [0.25, 0.3) is 0 Å². The van der Waals surface area contributed by atoms with E-state index in [9.17, 15) is 4.79 Å². The van der Waals surface area contributed by atoms with Crippen molar-refractivity contribution in [1.29, 1.82) is 0 Å². The number of anilines is 1. The van der Waals surface area contributed by atoms with E-state index in [4.69, 9.17) is 23.2 Å². The minimum Gasteiger partial charge on any atom is -0.283 e. The summed E-state index contributed by atoms with van der Waals surface area (Å²) in [5.74, 6) is 0.816. The fourth-order valence-electron chi connectivity index (χ4n) is 1.34. The van der Waals surface area contributed by atoms with E-state index in [0.29, 0.717) is 15.7 Å². The van der Waals surface area contributed by atoms with Gasteiger partial charge in [-0.25, -0.2) is 0 Å². The van der Waals surface area contributed by atoms with Crippen LogP contribution in [-0.4, -0.2) is 23.9 Å². The molecule has 1 aromatic carbocycles. The SMILES string of the molecule is O=CN(c1ccc(Cl)c(Cl)c1)C1N=CCS1. The fraction of sp³-hybridized carbons (Fsp3) is 0.200. The Morgan fingerprint density at radius 3 is 2.81 bits per heavy atom. The van der Waals surface area contributed by atoms with Gasteiger partial charge in [-0.2, -0.15) is 0 Å². The van der Waals surface area contributed by atoms with Crippen molar-refractivity contribution in [3.8, 4) is 0 Å². The Labute approximate surface area is 107 Å². The normalized spacial score (nSPS) is 18.8. The van der Waals surface area contributed by atoms with Crippen molar-refractivity contribution >= 4 is 53.3 Å². The van der Waals surface area contributed by atoms with Crippen LogP contribution < -0.4 is 4.90 Å². The molecule has 1 aliphatic heterocycles. The molecule has 1 aromatic rings. The van der Waals surface area contributed by atoms with Crippen molar-refractivity contribution < 1.29 is 4.79 Å². The summed E-state index contributed by atoms with van der Waals surface area (Å²) in [5, 5.41) is 0.900. The molecule has 0 N–H and O–H groups in total. The Bertz CT molecular complexity index is 439. The molecule has 1 aliphatic rings. The lowest BCUT2D eigenvalue weighted by Crippen LogP contribution is -2.28. The van der Waals surface area contributed by atoms with Crippen LogP contribution in [0.5, 0.6) is 0 Å². The molecule has 84 valence electrons. The molecule has 0 radical (unpaired) electrons. The van der Waals surface area contributed by atoms with E-state index in [2.05, 4.69) is 4.99 Å². The molecule has 0 aromatic heterocycles. The van der Waals surface area contributed by atoms with Crippen LogP contribution in [0.4, 0.5) is 5.69 Å². The number of thioether (sulfide) groups is 1. The minimum atomic E-state index is -0.199. The van der Waals surface area contributed by atoms with Crippen LogP contribution in [-0.2, 0) is 4.79 Å². The second kappa shape index (κ2) is 5.08. The average molecular weight is 275 g/mol. The van der Waals surface area contributed by atoms with Gasteiger partial charge in [-0.1, -0.05) is 23.2 Å². The Morgan fingerprint density at radius 2 is 2.25 bits per heavy atom. The predicted molar refractivity (Wildman–Crippen MR) is 69.7 cm³/mol. The summed E-state index contributed by atoms with van der Waals surface area (Å²) in [7, 11) is 0. The highest BCUT2D eigenvalue weighted by Crippen LogP contribution is 2.30.